The molecule has 2 bridgehead atoms. The van der Waals surface area contributed by atoms with E-state index in [2.05, 4.69) is 23.6 Å². The molecule has 4 atom stereocenters. The number of hydrogen-bond acceptors (Lipinski definition) is 3. The minimum Gasteiger partial charge on any atom is -0.508 e. The molecule has 2 aliphatic rings. The molecule has 1 saturated heterocycles. The molecule has 0 aromatic heterocycles. The second-order valence-electron chi connectivity index (χ2n) is 9.52. The van der Waals surface area contributed by atoms with Gasteiger partial charge < -0.3 is 15.7 Å². The molecule has 3 N–H and O–H groups in total. The lowest BCUT2D eigenvalue weighted by molar-refractivity contribution is -0.127. The lowest BCUT2D eigenvalue weighted by Crippen LogP contribution is -2.61. The van der Waals surface area contributed by atoms with E-state index in [0.717, 1.165) is 31.4 Å². The van der Waals surface area contributed by atoms with Gasteiger partial charge in [-0.1, -0.05) is 49.4 Å². The molecule has 1 saturated carbocycles. The van der Waals surface area contributed by atoms with Gasteiger partial charge in [-0.15, -0.1) is 0 Å². The number of benzene rings is 2. The number of hydrogen-bond donors (Lipinski definition) is 3. The number of piperidine rings is 1. The molecule has 0 spiro atoms. The summed E-state index contributed by atoms with van der Waals surface area (Å²) in [6.07, 6.45) is 2.91. The van der Waals surface area contributed by atoms with Gasteiger partial charge in [-0.05, 0) is 68.8 Å². The maximum atomic E-state index is 13.3. The molecule has 1 aliphatic heterocycles. The van der Waals surface area contributed by atoms with Crippen molar-refractivity contribution in [2.24, 2.45) is 5.92 Å². The number of nitrogens with one attached hydrogen (secondary N) is 2. The number of aromatic hydroxyl groups is 1. The Morgan fingerprint density at radius 1 is 1.14 bits per heavy atom. The second kappa shape index (κ2) is 7.49. The Labute approximate surface area is 173 Å². The van der Waals surface area contributed by atoms with E-state index in [0.29, 0.717) is 17.7 Å². The molecular formula is C25H32N2O2. The van der Waals surface area contributed by atoms with Gasteiger partial charge in [-0.3, -0.25) is 4.79 Å². The maximum absolute atomic E-state index is 13.3. The van der Waals surface area contributed by atoms with Crippen LogP contribution in [0.25, 0.3) is 0 Å². The highest BCUT2D eigenvalue weighted by Gasteiger charge is 2.49. The first kappa shape index (κ1) is 20.0. The van der Waals surface area contributed by atoms with E-state index in [1.54, 1.807) is 6.07 Å². The molecule has 2 fully saturated rings. The third-order valence-corrected chi connectivity index (χ3v) is 7.27. The van der Waals surface area contributed by atoms with Crippen LogP contribution in [0.15, 0.2) is 54.6 Å². The van der Waals surface area contributed by atoms with Crippen LogP contribution in [0.4, 0.5) is 0 Å². The number of phenolic OH excluding ortho intramolecular Hbond substituents is 1. The summed E-state index contributed by atoms with van der Waals surface area (Å²) in [6.45, 7) is 7.24. The Hall–Kier alpha value is -2.33. The SMILES string of the molecule is C[C@H]1CN[C@@H]2C[C@@H](NC(=O)C(C)(C)c3ccccc3)C[C@@]1(c1cccc(O)c1)C2. The van der Waals surface area contributed by atoms with Gasteiger partial charge in [-0.25, -0.2) is 0 Å². The van der Waals surface area contributed by atoms with Crippen LogP contribution < -0.4 is 10.6 Å². The van der Waals surface area contributed by atoms with Crippen LogP contribution in [-0.4, -0.2) is 29.6 Å². The van der Waals surface area contributed by atoms with E-state index in [4.69, 9.17) is 0 Å². The van der Waals surface area contributed by atoms with Crippen molar-refractivity contribution in [1.82, 2.24) is 10.6 Å². The van der Waals surface area contributed by atoms with Crippen LogP contribution in [-0.2, 0) is 15.6 Å². The third-order valence-electron chi connectivity index (χ3n) is 7.27. The van der Waals surface area contributed by atoms with Crippen LogP contribution in [0, 0.1) is 5.92 Å². The van der Waals surface area contributed by atoms with E-state index in [-0.39, 0.29) is 17.4 Å². The van der Waals surface area contributed by atoms with Gasteiger partial charge in [0.05, 0.1) is 5.41 Å². The molecule has 154 valence electrons. The summed E-state index contributed by atoms with van der Waals surface area (Å²) in [7, 11) is 0. The Balaban J connectivity index is 1.59. The van der Waals surface area contributed by atoms with Gasteiger partial charge in [0.2, 0.25) is 5.91 Å². The van der Waals surface area contributed by atoms with Crippen molar-refractivity contribution < 1.29 is 9.90 Å². The fraction of sp³-hybridized carbons (Fsp3) is 0.480. The van der Waals surface area contributed by atoms with Gasteiger partial charge in [0.1, 0.15) is 5.75 Å². The Morgan fingerprint density at radius 2 is 1.90 bits per heavy atom. The van der Waals surface area contributed by atoms with Crippen molar-refractivity contribution in [3.8, 4) is 5.75 Å². The summed E-state index contributed by atoms with van der Waals surface area (Å²) in [5.41, 5.74) is 1.62. The van der Waals surface area contributed by atoms with E-state index in [1.807, 2.05) is 56.3 Å². The van der Waals surface area contributed by atoms with Gasteiger partial charge in [0.15, 0.2) is 0 Å². The summed E-state index contributed by atoms with van der Waals surface area (Å²) in [5, 5.41) is 17.1. The average Bonchev–Trinajstić information content (AvgIpc) is 2.71. The van der Waals surface area contributed by atoms with Crippen molar-refractivity contribution >= 4 is 5.91 Å². The van der Waals surface area contributed by atoms with Crippen LogP contribution in [0.2, 0.25) is 0 Å². The highest BCUT2D eigenvalue weighted by molar-refractivity contribution is 5.87. The Kier molecular flexibility index (Phi) is 5.16. The molecule has 4 rings (SSSR count). The second-order valence-corrected chi connectivity index (χ2v) is 9.52. The van der Waals surface area contributed by atoms with E-state index < -0.39 is 5.41 Å². The zero-order valence-electron chi connectivity index (χ0n) is 17.6. The number of phenols is 1. The number of rotatable bonds is 4. The predicted molar refractivity (Wildman–Crippen MR) is 116 cm³/mol. The zero-order valence-corrected chi connectivity index (χ0v) is 17.6. The first-order chi connectivity index (χ1) is 13.8. The molecule has 2 aromatic rings. The van der Waals surface area contributed by atoms with Crippen LogP contribution in [0.5, 0.6) is 5.75 Å². The van der Waals surface area contributed by atoms with Gasteiger partial charge in [-0.2, -0.15) is 0 Å². The molecule has 0 radical (unpaired) electrons. The Bertz CT molecular complexity index is 879. The molecule has 2 aromatic carbocycles. The smallest absolute Gasteiger partial charge is 0.230 e. The highest BCUT2D eigenvalue weighted by Crippen LogP contribution is 2.48. The fourth-order valence-corrected chi connectivity index (χ4v) is 5.37. The van der Waals surface area contributed by atoms with Crippen molar-refractivity contribution in [3.05, 3.63) is 65.7 Å². The van der Waals surface area contributed by atoms with Crippen LogP contribution >= 0.6 is 0 Å². The molecule has 4 nitrogen and oxygen atoms in total. The summed E-state index contributed by atoms with van der Waals surface area (Å²) < 4.78 is 0. The maximum Gasteiger partial charge on any atom is 0.230 e. The summed E-state index contributed by atoms with van der Waals surface area (Å²) in [6, 6.07) is 18.2. The molecule has 1 aliphatic carbocycles. The van der Waals surface area contributed by atoms with Gasteiger partial charge in [0, 0.05) is 17.5 Å². The Morgan fingerprint density at radius 3 is 2.62 bits per heavy atom. The monoisotopic (exact) mass is 392 g/mol. The molecule has 1 heterocycles. The highest BCUT2D eigenvalue weighted by atomic mass is 16.3. The number of carbonyl (C=O) groups excluding carboxylic acids is 1. The van der Waals surface area contributed by atoms with Crippen LogP contribution in [0.1, 0.15) is 51.2 Å². The molecule has 1 amide bonds. The van der Waals surface area contributed by atoms with E-state index >= 15 is 0 Å². The summed E-state index contributed by atoms with van der Waals surface area (Å²) in [4.78, 5) is 13.3. The van der Waals surface area contributed by atoms with Gasteiger partial charge >= 0.3 is 0 Å². The van der Waals surface area contributed by atoms with Crippen molar-refractivity contribution in [1.29, 1.82) is 0 Å². The predicted octanol–water partition coefficient (Wildman–Crippen LogP) is 3.88. The standard InChI is InChI=1S/C25H32N2O2/c1-17-16-26-20-13-21(15-25(17,14-20)19-10-7-11-22(28)12-19)27-23(29)24(2,3)18-8-5-4-6-9-18/h4-12,17,20-21,26,28H,13-16H2,1-3H3,(H,27,29)/t17-,20+,21+,25-/m0/s1. The van der Waals surface area contributed by atoms with Crippen molar-refractivity contribution in [2.45, 2.75) is 62.9 Å². The largest absolute Gasteiger partial charge is 0.508 e. The van der Waals surface area contributed by atoms with Crippen LogP contribution in [0.3, 0.4) is 0 Å². The third kappa shape index (κ3) is 3.66. The first-order valence-corrected chi connectivity index (χ1v) is 10.7. The van der Waals surface area contributed by atoms with Crippen molar-refractivity contribution in [3.63, 3.8) is 0 Å². The molecule has 0 unspecified atom stereocenters. The first-order valence-electron chi connectivity index (χ1n) is 10.7. The zero-order chi connectivity index (χ0) is 20.6. The molecule has 4 heteroatoms. The minimum atomic E-state index is -0.578. The van der Waals surface area contributed by atoms with Crippen molar-refractivity contribution in [2.75, 3.05) is 6.54 Å². The topological polar surface area (TPSA) is 61.4 Å². The summed E-state index contributed by atoms with van der Waals surface area (Å²) >= 11 is 0. The van der Waals surface area contributed by atoms with E-state index in [1.165, 1.54) is 5.56 Å². The summed E-state index contributed by atoms with van der Waals surface area (Å²) in [5.74, 6) is 0.824. The number of carbonyl (C=O) groups is 1. The number of fused-ring (bicyclic) bond motifs is 2. The van der Waals surface area contributed by atoms with E-state index in [9.17, 15) is 9.90 Å². The molecule has 29 heavy (non-hydrogen) atoms. The average molecular weight is 393 g/mol. The normalized spacial score (nSPS) is 29.3. The molecular weight excluding hydrogens is 360 g/mol. The number of amides is 1. The lowest BCUT2D eigenvalue weighted by Gasteiger charge is -2.53. The van der Waals surface area contributed by atoms with Gasteiger partial charge in [0.25, 0.3) is 0 Å². The lowest BCUT2D eigenvalue weighted by atomic mass is 9.58. The minimum absolute atomic E-state index is 0.0260. The quantitative estimate of drug-likeness (QED) is 0.740. The fourth-order valence-electron chi connectivity index (χ4n) is 5.37.